The minimum Gasteiger partial charge on any atom is 0 e. The van der Waals surface area contributed by atoms with Crippen molar-refractivity contribution in [1.29, 1.82) is 0 Å². The normalized spacial score (nSPS) is 13.2. The summed E-state index contributed by atoms with van der Waals surface area (Å²) in [6.07, 6.45) is 0. The van der Waals surface area contributed by atoms with Crippen molar-refractivity contribution in [1.82, 2.24) is 0 Å². The first-order valence-electron chi connectivity index (χ1n) is 7.29. The Labute approximate surface area is 150 Å². The summed E-state index contributed by atoms with van der Waals surface area (Å²) < 4.78 is 6.03. The molecule has 0 atom stereocenters. The molecule has 0 aliphatic rings. The molecule has 0 radical (unpaired) electrons. The Morgan fingerprint density at radius 3 is 1.00 bits per heavy atom. The number of carboxylic acid groups (broad SMARTS) is 1. The summed E-state index contributed by atoms with van der Waals surface area (Å²) in [5.41, 5.74) is 0. The summed E-state index contributed by atoms with van der Waals surface area (Å²) in [6.45, 7) is 22.5. The zero-order chi connectivity index (χ0) is 17.9. The average molecular weight is 429 g/mol. The number of carbonyl (C=O) groups is 2. The molecule has 0 saturated heterocycles. The Kier molecular flexibility index (Phi) is 10.7. The van der Waals surface area contributed by atoms with Gasteiger partial charge in [-0.15, -0.1) is 0 Å². The van der Waals surface area contributed by atoms with E-state index in [2.05, 4.69) is 62.3 Å². The third kappa shape index (κ3) is 7.07. The van der Waals surface area contributed by atoms with Gasteiger partial charge in [-0.3, -0.25) is 4.79 Å². The monoisotopic (exact) mass is 428 g/mol. The van der Waals surface area contributed by atoms with Gasteiger partial charge < -0.3 is 5.11 Å². The molecule has 138 valence electrons. The zero-order valence-electron chi connectivity index (χ0n) is 16.0. The molecule has 0 amide bonds. The molecular weight excluding hydrogens is 394 g/mol. The summed E-state index contributed by atoms with van der Waals surface area (Å²) >= 11 is 0. The van der Waals surface area contributed by atoms with Crippen LogP contribution in [0.25, 0.3) is 0 Å². The number of aliphatic carboxylic acids is 1. The third-order valence-corrected chi connectivity index (χ3v) is 10.4. The van der Waals surface area contributed by atoms with Crippen molar-refractivity contribution in [2.24, 2.45) is 0 Å². The second-order valence-corrected chi connectivity index (χ2v) is 14.6. The van der Waals surface area contributed by atoms with Crippen LogP contribution in [-0.2, 0) is 34.5 Å². The molecule has 0 heterocycles. The second kappa shape index (κ2) is 8.76. The van der Waals surface area contributed by atoms with Gasteiger partial charge in [0.1, 0.15) is 0 Å². The molecule has 0 spiro atoms. The quantitative estimate of drug-likeness (QED) is 0.486. The van der Waals surface area contributed by atoms with Crippen LogP contribution in [0, 0.1) is 0 Å². The summed E-state index contributed by atoms with van der Waals surface area (Å²) in [5, 5.41) is 7.44. The predicted octanol–water partition coefficient (Wildman–Crippen LogP) is 4.70. The van der Waals surface area contributed by atoms with E-state index in [9.17, 15) is 4.79 Å². The molecule has 4 nitrogen and oxygen atoms in total. The zero-order valence-corrected chi connectivity index (χ0v) is 18.5. The summed E-state index contributed by atoms with van der Waals surface area (Å²) in [5.74, 6) is -0.976. The fourth-order valence-corrected chi connectivity index (χ4v) is 12.1. The van der Waals surface area contributed by atoms with Gasteiger partial charge in [-0.1, -0.05) is 0 Å². The van der Waals surface area contributed by atoms with Crippen molar-refractivity contribution >= 4 is 19.4 Å². The van der Waals surface area contributed by atoms with Crippen LogP contribution < -0.4 is 0 Å². The summed E-state index contributed by atoms with van der Waals surface area (Å²) in [6, 6.07) is 0. The van der Waals surface area contributed by atoms with Gasteiger partial charge in [-0.2, -0.15) is 0 Å². The maximum Gasteiger partial charge on any atom is 0 e. The van der Waals surface area contributed by atoms with Crippen LogP contribution in [0.5, 0.6) is 0 Å². The molecule has 0 bridgehead atoms. The van der Waals surface area contributed by atoms with Crippen LogP contribution >= 0.6 is 7.49 Å². The molecule has 6 heteroatoms. The topological polar surface area (TPSA) is 63.6 Å². The Bertz CT molecular complexity index is 333. The second-order valence-electron chi connectivity index (χ2n) is 8.54. The Morgan fingerprint density at radius 2 is 0.955 bits per heavy atom. The molecular formula is C16H35O4PPd. The predicted molar refractivity (Wildman–Crippen MR) is 92.6 cm³/mol. The van der Waals surface area contributed by atoms with Gasteiger partial charge in [-0.05, 0) is 0 Å². The number of carboxylic acids is 1. The molecule has 0 aromatic carbocycles. The van der Waals surface area contributed by atoms with E-state index >= 15 is 0 Å². The molecule has 0 aliphatic carbocycles. The molecule has 0 aromatic heterocycles. The van der Waals surface area contributed by atoms with E-state index in [1.807, 2.05) is 0 Å². The molecule has 0 unspecified atom stereocenters. The maximum atomic E-state index is 11.6. The number of hydrogen-bond acceptors (Lipinski definition) is 3. The van der Waals surface area contributed by atoms with E-state index in [1.54, 1.807) is 0 Å². The number of carbonyl (C=O) groups excluding carboxylic acids is 1. The Balaban J connectivity index is -0.000000640. The molecule has 0 rings (SSSR count). The van der Waals surface area contributed by atoms with Crippen molar-refractivity contribution in [2.75, 3.05) is 0 Å². The molecule has 0 aliphatic heterocycles. The van der Waals surface area contributed by atoms with Crippen molar-refractivity contribution < 1.29 is 39.6 Å². The van der Waals surface area contributed by atoms with Crippen molar-refractivity contribution in [3.63, 3.8) is 0 Å². The third-order valence-electron chi connectivity index (χ3n) is 3.47. The van der Waals surface area contributed by atoms with Gasteiger partial charge in [0.25, 0.3) is 5.97 Å². The van der Waals surface area contributed by atoms with Gasteiger partial charge in [0.15, 0.2) is 0 Å². The van der Waals surface area contributed by atoms with Crippen LogP contribution in [0.4, 0.5) is 0 Å². The van der Waals surface area contributed by atoms with E-state index in [0.717, 1.165) is 6.92 Å². The van der Waals surface area contributed by atoms with Gasteiger partial charge in [-0.25, -0.2) is 0 Å². The van der Waals surface area contributed by atoms with Crippen LogP contribution in [0.15, 0.2) is 0 Å². The molecule has 0 saturated carbocycles. The molecule has 22 heavy (non-hydrogen) atoms. The first kappa shape index (κ1) is 26.9. The first-order valence-corrected chi connectivity index (χ1v) is 9.20. The van der Waals surface area contributed by atoms with Crippen LogP contribution in [0.1, 0.15) is 76.2 Å². The molecule has 1 N–H and O–H groups in total. The smallest absolute Gasteiger partial charge is 0 e. The SMILES string of the molecule is CC(=O)O.CC(=O)O[PH](C(C)(C)C)(C(C)(C)C)C(C)(C)C.[Pd]. The van der Waals surface area contributed by atoms with Crippen molar-refractivity contribution in [3.8, 4) is 0 Å². The minimum atomic E-state index is -2.31. The summed E-state index contributed by atoms with van der Waals surface area (Å²) in [4.78, 5) is 20.6. The number of hydrogen-bond donors (Lipinski definition) is 1. The molecule has 0 fully saturated rings. The minimum absolute atomic E-state index is 0. The maximum absolute atomic E-state index is 11.6. The fraction of sp³-hybridized carbons (Fsp3) is 0.875. The molecule has 0 aromatic rings. The Morgan fingerprint density at radius 1 is 0.773 bits per heavy atom. The van der Waals surface area contributed by atoms with Gasteiger partial charge in [0.2, 0.25) is 0 Å². The fourth-order valence-electron chi connectivity index (χ4n) is 4.05. The van der Waals surface area contributed by atoms with Crippen molar-refractivity contribution in [2.45, 2.75) is 91.6 Å². The number of rotatable bonds is 1. The van der Waals surface area contributed by atoms with Gasteiger partial charge >= 0.3 is 107 Å². The van der Waals surface area contributed by atoms with E-state index in [0.29, 0.717) is 0 Å². The van der Waals surface area contributed by atoms with E-state index < -0.39 is 13.5 Å². The van der Waals surface area contributed by atoms with E-state index in [4.69, 9.17) is 14.4 Å². The van der Waals surface area contributed by atoms with E-state index in [1.165, 1.54) is 6.92 Å². The van der Waals surface area contributed by atoms with Crippen molar-refractivity contribution in [3.05, 3.63) is 0 Å². The van der Waals surface area contributed by atoms with Crippen LogP contribution in [0.2, 0.25) is 0 Å². The van der Waals surface area contributed by atoms with Gasteiger partial charge in [0, 0.05) is 27.3 Å². The van der Waals surface area contributed by atoms with E-state index in [-0.39, 0.29) is 41.9 Å². The average Bonchev–Trinajstić information content (AvgIpc) is 2.06. The largest absolute Gasteiger partial charge is 0 e. The first-order chi connectivity index (χ1) is 8.90. The Hall–Kier alpha value is 0.0323. The van der Waals surface area contributed by atoms with Crippen LogP contribution in [-0.4, -0.2) is 32.5 Å². The van der Waals surface area contributed by atoms with Crippen LogP contribution in [0.3, 0.4) is 0 Å². The standard InChI is InChI=1S/C14H31O2P.C2H4O2.Pd/c1-11(15)16-17(12(2,3)4,13(5,6)7)14(8,9)10;1-2(3)4;/h17H,1-10H3;1H3,(H,3,4);. The van der Waals surface area contributed by atoms with Gasteiger partial charge in [0.05, 0.1) is 0 Å². The summed E-state index contributed by atoms with van der Waals surface area (Å²) in [7, 11) is -2.31.